The highest BCUT2D eigenvalue weighted by Crippen LogP contribution is 2.61. The third-order valence-corrected chi connectivity index (χ3v) is 5.16. The van der Waals surface area contributed by atoms with E-state index in [1.165, 1.54) is 0 Å². The molecule has 3 rings (SSSR count). The van der Waals surface area contributed by atoms with E-state index < -0.39 is 5.79 Å². The van der Waals surface area contributed by atoms with Crippen molar-refractivity contribution in [1.29, 1.82) is 0 Å². The summed E-state index contributed by atoms with van der Waals surface area (Å²) in [6.45, 7) is 6.28. The number of hydrogen-bond acceptors (Lipinski definition) is 3. The lowest BCUT2D eigenvalue weighted by molar-refractivity contribution is -0.210. The zero-order chi connectivity index (χ0) is 13.1. The van der Waals surface area contributed by atoms with Crippen LogP contribution in [0.25, 0.3) is 0 Å². The van der Waals surface area contributed by atoms with Crippen LogP contribution in [0.4, 0.5) is 0 Å². The van der Waals surface area contributed by atoms with Crippen molar-refractivity contribution >= 4 is 0 Å². The zero-order valence-electron chi connectivity index (χ0n) is 11.4. The highest BCUT2D eigenvalue weighted by atomic mass is 16.6. The molecule has 2 heterocycles. The molecule has 0 unspecified atom stereocenters. The molecule has 3 aliphatic rings. The predicted octanol–water partition coefficient (Wildman–Crippen LogP) is 2.15. The summed E-state index contributed by atoms with van der Waals surface area (Å²) >= 11 is 0. The van der Waals surface area contributed by atoms with Gasteiger partial charge in [0.15, 0.2) is 0 Å². The quantitative estimate of drug-likeness (QED) is 0.701. The Kier molecular flexibility index (Phi) is 2.54. The number of aliphatic hydroxyl groups is 2. The summed E-state index contributed by atoms with van der Waals surface area (Å²) < 4.78 is 6.12. The van der Waals surface area contributed by atoms with E-state index >= 15 is 0 Å². The van der Waals surface area contributed by atoms with E-state index in [1.807, 2.05) is 13.8 Å². The molecule has 2 N–H and O–H groups in total. The second-order valence-corrected chi connectivity index (χ2v) is 6.32. The van der Waals surface area contributed by atoms with Crippen molar-refractivity contribution in [1.82, 2.24) is 0 Å². The van der Waals surface area contributed by atoms with Crippen LogP contribution >= 0.6 is 0 Å². The number of fused-ring (bicyclic) bond motifs is 1. The fourth-order valence-corrected chi connectivity index (χ4v) is 4.17. The van der Waals surface area contributed by atoms with E-state index in [1.54, 1.807) is 6.08 Å². The van der Waals surface area contributed by atoms with Crippen molar-refractivity contribution in [2.75, 3.05) is 6.61 Å². The first kappa shape index (κ1) is 12.4. The number of rotatable bonds is 1. The molecule has 100 valence electrons. The molecular weight excluding hydrogens is 228 g/mol. The van der Waals surface area contributed by atoms with Crippen molar-refractivity contribution in [2.45, 2.75) is 51.4 Å². The average molecular weight is 250 g/mol. The molecule has 2 aliphatic heterocycles. The van der Waals surface area contributed by atoms with E-state index in [2.05, 4.69) is 6.92 Å². The van der Waals surface area contributed by atoms with Gasteiger partial charge in [-0.1, -0.05) is 12.5 Å². The van der Waals surface area contributed by atoms with Crippen molar-refractivity contribution in [3.63, 3.8) is 0 Å². The van der Waals surface area contributed by atoms with Crippen LogP contribution in [-0.4, -0.2) is 28.2 Å². The van der Waals surface area contributed by atoms with Gasteiger partial charge in [-0.2, -0.15) is 0 Å². The van der Waals surface area contributed by atoms with Crippen molar-refractivity contribution in [2.24, 2.45) is 11.8 Å². The highest BCUT2D eigenvalue weighted by Gasteiger charge is 2.63. The number of aliphatic hydroxyl groups excluding tert-OH is 1. The minimum absolute atomic E-state index is 0.0286. The van der Waals surface area contributed by atoms with Gasteiger partial charge in [-0.3, -0.25) is 0 Å². The normalized spacial score (nSPS) is 46.1. The SMILES string of the molecule is CC(C)=C1C[C@@]23O[C@]1(O)C=C(CO)[C@@H]2CC[C@@H]3C. The fourth-order valence-electron chi connectivity index (χ4n) is 4.17. The van der Waals surface area contributed by atoms with Gasteiger partial charge >= 0.3 is 0 Å². The molecule has 1 aliphatic carbocycles. The van der Waals surface area contributed by atoms with Crippen molar-refractivity contribution < 1.29 is 14.9 Å². The molecule has 0 radical (unpaired) electrons. The first-order valence-corrected chi connectivity index (χ1v) is 6.85. The van der Waals surface area contributed by atoms with Crippen LogP contribution in [0.5, 0.6) is 0 Å². The molecule has 1 saturated carbocycles. The third kappa shape index (κ3) is 1.35. The second-order valence-electron chi connectivity index (χ2n) is 6.32. The highest BCUT2D eigenvalue weighted by molar-refractivity contribution is 5.40. The van der Waals surface area contributed by atoms with Crippen LogP contribution in [0.2, 0.25) is 0 Å². The van der Waals surface area contributed by atoms with E-state index in [-0.39, 0.29) is 18.1 Å². The first-order valence-electron chi connectivity index (χ1n) is 6.85. The molecule has 1 saturated heterocycles. The maximum atomic E-state index is 10.7. The number of hydrogen-bond donors (Lipinski definition) is 2. The minimum atomic E-state index is -1.27. The average Bonchev–Trinajstić information content (AvgIpc) is 2.75. The van der Waals surface area contributed by atoms with Crippen LogP contribution in [0.1, 0.15) is 40.0 Å². The zero-order valence-corrected chi connectivity index (χ0v) is 11.4. The smallest absolute Gasteiger partial charge is 0.209 e. The number of allylic oxidation sites excluding steroid dienone is 1. The molecule has 0 aromatic carbocycles. The van der Waals surface area contributed by atoms with E-state index in [9.17, 15) is 10.2 Å². The molecule has 18 heavy (non-hydrogen) atoms. The minimum Gasteiger partial charge on any atom is -0.392 e. The topological polar surface area (TPSA) is 49.7 Å². The summed E-state index contributed by atoms with van der Waals surface area (Å²) in [5, 5.41) is 20.3. The molecule has 3 heteroatoms. The molecule has 0 aromatic heterocycles. The largest absolute Gasteiger partial charge is 0.392 e. The summed E-state index contributed by atoms with van der Waals surface area (Å²) in [6, 6.07) is 0. The third-order valence-electron chi connectivity index (χ3n) is 5.16. The van der Waals surface area contributed by atoms with E-state index in [0.717, 1.165) is 36.0 Å². The molecule has 2 bridgehead atoms. The molecule has 1 spiro atoms. The van der Waals surface area contributed by atoms with Gasteiger partial charge in [0, 0.05) is 12.3 Å². The van der Waals surface area contributed by atoms with Gasteiger partial charge in [-0.15, -0.1) is 0 Å². The van der Waals surface area contributed by atoms with Gasteiger partial charge in [0.2, 0.25) is 5.79 Å². The van der Waals surface area contributed by atoms with Gasteiger partial charge in [-0.25, -0.2) is 0 Å². The van der Waals surface area contributed by atoms with Crippen LogP contribution < -0.4 is 0 Å². The summed E-state index contributed by atoms with van der Waals surface area (Å²) in [6.07, 6.45) is 4.72. The standard InChI is InChI=1S/C15H22O3/c1-9(2)13-7-14-10(3)4-5-12(14)11(8-16)6-15(13,17)18-14/h6,10,12,16-17H,4-5,7-8H2,1-3H3/t10-,12-,14-,15+/m0/s1. The Labute approximate surface area is 108 Å². The maximum absolute atomic E-state index is 10.7. The monoisotopic (exact) mass is 250 g/mol. The second kappa shape index (κ2) is 3.69. The van der Waals surface area contributed by atoms with Crippen molar-refractivity contribution in [3.8, 4) is 0 Å². The van der Waals surface area contributed by atoms with Crippen LogP contribution in [0.15, 0.2) is 22.8 Å². The lowest BCUT2D eigenvalue weighted by atomic mass is 9.78. The Balaban J connectivity index is 2.17. The number of ether oxygens (including phenoxy) is 1. The van der Waals surface area contributed by atoms with E-state index in [0.29, 0.717) is 5.92 Å². The molecule has 0 aromatic rings. The summed E-state index contributed by atoms with van der Waals surface area (Å²) in [7, 11) is 0. The van der Waals surface area contributed by atoms with Gasteiger partial charge in [-0.05, 0) is 49.8 Å². The summed E-state index contributed by atoms with van der Waals surface area (Å²) in [5.74, 6) is -0.567. The lowest BCUT2D eigenvalue weighted by Gasteiger charge is -2.40. The molecular formula is C15H22O3. The summed E-state index contributed by atoms with van der Waals surface area (Å²) in [4.78, 5) is 0. The Bertz CT molecular complexity index is 447. The van der Waals surface area contributed by atoms with Crippen LogP contribution in [0, 0.1) is 11.8 Å². The first-order chi connectivity index (χ1) is 8.43. The van der Waals surface area contributed by atoms with Gasteiger partial charge in [0.1, 0.15) is 0 Å². The van der Waals surface area contributed by atoms with Crippen LogP contribution in [0.3, 0.4) is 0 Å². The Morgan fingerprint density at radius 3 is 2.78 bits per heavy atom. The lowest BCUT2D eigenvalue weighted by Crippen LogP contribution is -2.46. The predicted molar refractivity (Wildman–Crippen MR) is 68.8 cm³/mol. The Morgan fingerprint density at radius 2 is 2.17 bits per heavy atom. The maximum Gasteiger partial charge on any atom is 0.209 e. The van der Waals surface area contributed by atoms with Gasteiger partial charge < -0.3 is 14.9 Å². The van der Waals surface area contributed by atoms with Gasteiger partial charge in [0.05, 0.1) is 12.2 Å². The molecule has 2 fully saturated rings. The molecule has 4 atom stereocenters. The Morgan fingerprint density at radius 1 is 1.44 bits per heavy atom. The Hall–Kier alpha value is -0.640. The molecule has 3 nitrogen and oxygen atoms in total. The molecule has 0 amide bonds. The van der Waals surface area contributed by atoms with Crippen LogP contribution in [-0.2, 0) is 4.74 Å². The van der Waals surface area contributed by atoms with E-state index in [4.69, 9.17) is 4.74 Å². The van der Waals surface area contributed by atoms with Gasteiger partial charge in [0.25, 0.3) is 0 Å². The van der Waals surface area contributed by atoms with Crippen molar-refractivity contribution in [3.05, 3.63) is 22.8 Å². The summed E-state index contributed by atoms with van der Waals surface area (Å²) in [5.41, 5.74) is 2.80. The fraction of sp³-hybridized carbons (Fsp3) is 0.733.